The molecule has 1 fully saturated rings. The number of nitrogens with zero attached hydrogens (tertiary/aromatic N) is 2. The van der Waals surface area contributed by atoms with Crippen molar-refractivity contribution in [3.05, 3.63) is 17.6 Å². The maximum atomic E-state index is 11.0. The van der Waals surface area contributed by atoms with Crippen LogP contribution in [0.4, 0.5) is 11.4 Å². The number of rotatable bonds is 3. The maximum absolute atomic E-state index is 11.0. The van der Waals surface area contributed by atoms with Crippen LogP contribution >= 0.6 is 11.3 Å². The third-order valence-corrected chi connectivity index (χ3v) is 4.91. The van der Waals surface area contributed by atoms with Gasteiger partial charge in [0.2, 0.25) is 5.91 Å². The van der Waals surface area contributed by atoms with Gasteiger partial charge in [0.1, 0.15) is 5.52 Å². The van der Waals surface area contributed by atoms with E-state index in [0.29, 0.717) is 5.92 Å². The van der Waals surface area contributed by atoms with Crippen molar-refractivity contribution in [2.24, 2.45) is 5.92 Å². The van der Waals surface area contributed by atoms with Crippen LogP contribution in [-0.2, 0) is 4.79 Å². The van der Waals surface area contributed by atoms with Crippen LogP contribution in [0, 0.1) is 5.92 Å². The fourth-order valence-corrected chi connectivity index (χ4v) is 3.58. The largest absolute Gasteiger partial charge is 0.395 e. The highest BCUT2D eigenvalue weighted by Crippen LogP contribution is 2.34. The number of benzene rings is 1. The fourth-order valence-electron chi connectivity index (χ4n) is 2.88. The van der Waals surface area contributed by atoms with Crippen LogP contribution < -0.4 is 16.0 Å². The number of nitrogens with two attached hydrogens (primary N) is 1. The number of anilines is 2. The molecule has 3 rings (SSSR count). The van der Waals surface area contributed by atoms with E-state index in [1.54, 1.807) is 18.3 Å². The summed E-state index contributed by atoms with van der Waals surface area (Å²) in [6.07, 6.45) is 2.16. The molecule has 0 radical (unpaired) electrons. The van der Waals surface area contributed by atoms with Gasteiger partial charge in [0.25, 0.3) is 0 Å². The van der Waals surface area contributed by atoms with Crippen molar-refractivity contribution < 1.29 is 4.79 Å². The molecule has 1 aromatic carbocycles. The van der Waals surface area contributed by atoms with Crippen molar-refractivity contribution in [3.8, 4) is 0 Å². The summed E-state index contributed by atoms with van der Waals surface area (Å²) in [5, 5.41) is 2.91. The number of hydrogen-bond acceptors (Lipinski definition) is 5. The van der Waals surface area contributed by atoms with Crippen LogP contribution in [0.3, 0.4) is 0 Å². The second-order valence-electron chi connectivity index (χ2n) is 5.56. The lowest BCUT2D eigenvalue weighted by Gasteiger charge is -2.34. The molecule has 2 heterocycles. The number of carbonyl (C=O) groups is 1. The third-order valence-electron chi connectivity index (χ3n) is 4.11. The second kappa shape index (κ2) is 5.89. The summed E-state index contributed by atoms with van der Waals surface area (Å²) >= 11 is 1.62. The van der Waals surface area contributed by atoms with Crippen molar-refractivity contribution in [2.75, 3.05) is 30.3 Å². The van der Waals surface area contributed by atoms with Gasteiger partial charge in [0.05, 0.1) is 21.6 Å². The Morgan fingerprint density at radius 1 is 1.48 bits per heavy atom. The zero-order chi connectivity index (χ0) is 14.8. The third kappa shape index (κ3) is 2.95. The van der Waals surface area contributed by atoms with E-state index in [1.165, 1.54) is 0 Å². The predicted octanol–water partition coefficient (Wildman–Crippen LogP) is 2.23. The lowest BCUT2D eigenvalue weighted by molar-refractivity contribution is -0.119. The molecule has 3 N–H and O–H groups in total. The van der Waals surface area contributed by atoms with Crippen LogP contribution in [-0.4, -0.2) is 30.5 Å². The Morgan fingerprint density at radius 3 is 2.95 bits per heavy atom. The summed E-state index contributed by atoms with van der Waals surface area (Å²) < 4.78 is 1.14. The molecule has 112 valence electrons. The summed E-state index contributed by atoms with van der Waals surface area (Å²) in [7, 11) is 0. The SMILES string of the molecule is CC(=O)NCC1CCN(c2ccc3scnc3c2N)CC1. The normalized spacial score (nSPS) is 16.3. The van der Waals surface area contributed by atoms with Gasteiger partial charge in [-0.2, -0.15) is 0 Å². The number of amides is 1. The number of piperidine rings is 1. The topological polar surface area (TPSA) is 71.2 Å². The Balaban J connectivity index is 1.68. The molecule has 0 unspecified atom stereocenters. The van der Waals surface area contributed by atoms with Crippen LogP contribution in [0.1, 0.15) is 19.8 Å². The lowest BCUT2D eigenvalue weighted by atomic mass is 9.96. The van der Waals surface area contributed by atoms with E-state index in [2.05, 4.69) is 27.3 Å². The summed E-state index contributed by atoms with van der Waals surface area (Å²) in [4.78, 5) is 17.7. The van der Waals surface area contributed by atoms with Gasteiger partial charge in [-0.15, -0.1) is 11.3 Å². The molecule has 1 amide bonds. The Morgan fingerprint density at radius 2 is 2.24 bits per heavy atom. The van der Waals surface area contributed by atoms with E-state index in [-0.39, 0.29) is 5.91 Å². The molecular formula is C15H20N4OS. The highest BCUT2D eigenvalue weighted by atomic mass is 32.1. The molecule has 1 aromatic heterocycles. The van der Waals surface area contributed by atoms with Crippen LogP contribution in [0.2, 0.25) is 0 Å². The zero-order valence-electron chi connectivity index (χ0n) is 12.1. The van der Waals surface area contributed by atoms with Gasteiger partial charge >= 0.3 is 0 Å². The van der Waals surface area contributed by atoms with Gasteiger partial charge in [-0.1, -0.05) is 0 Å². The van der Waals surface area contributed by atoms with Gasteiger partial charge in [-0.05, 0) is 30.9 Å². The first-order valence-corrected chi connectivity index (χ1v) is 8.14. The van der Waals surface area contributed by atoms with E-state index in [9.17, 15) is 4.79 Å². The molecular weight excluding hydrogens is 284 g/mol. The average molecular weight is 304 g/mol. The first kappa shape index (κ1) is 14.1. The molecule has 5 nitrogen and oxygen atoms in total. The molecule has 0 saturated carbocycles. The number of fused-ring (bicyclic) bond motifs is 1. The monoisotopic (exact) mass is 304 g/mol. The van der Waals surface area contributed by atoms with E-state index in [4.69, 9.17) is 5.73 Å². The number of thiazole rings is 1. The Labute approximate surface area is 128 Å². The smallest absolute Gasteiger partial charge is 0.216 e. The number of nitrogen functional groups attached to an aromatic ring is 1. The van der Waals surface area contributed by atoms with E-state index >= 15 is 0 Å². The molecule has 0 bridgehead atoms. The van der Waals surface area contributed by atoms with E-state index < -0.39 is 0 Å². The van der Waals surface area contributed by atoms with Gasteiger partial charge < -0.3 is 16.0 Å². The van der Waals surface area contributed by atoms with Crippen molar-refractivity contribution in [1.29, 1.82) is 0 Å². The molecule has 6 heteroatoms. The van der Waals surface area contributed by atoms with Crippen LogP contribution in [0.25, 0.3) is 10.2 Å². The minimum Gasteiger partial charge on any atom is -0.395 e. The molecule has 0 aliphatic carbocycles. The van der Waals surface area contributed by atoms with Gasteiger partial charge in [0, 0.05) is 26.6 Å². The standard InChI is InChI=1S/C15H20N4OS/c1-10(20)17-8-11-4-6-19(7-5-11)12-2-3-13-15(14(12)16)18-9-21-13/h2-3,9,11H,4-8,16H2,1H3,(H,17,20). The Bertz CT molecular complexity index is 646. The number of aromatic nitrogens is 1. The lowest BCUT2D eigenvalue weighted by Crippen LogP contribution is -2.38. The highest BCUT2D eigenvalue weighted by molar-refractivity contribution is 7.16. The summed E-state index contributed by atoms with van der Waals surface area (Å²) in [6, 6.07) is 4.20. The highest BCUT2D eigenvalue weighted by Gasteiger charge is 2.21. The fraction of sp³-hybridized carbons (Fsp3) is 0.467. The van der Waals surface area contributed by atoms with Gasteiger partial charge in [0.15, 0.2) is 0 Å². The summed E-state index contributed by atoms with van der Waals surface area (Å²) in [5.74, 6) is 0.616. The number of carbonyl (C=O) groups excluding carboxylic acids is 1. The Hall–Kier alpha value is -1.82. The van der Waals surface area contributed by atoms with Crippen LogP contribution in [0.15, 0.2) is 17.6 Å². The van der Waals surface area contributed by atoms with Gasteiger partial charge in [-0.3, -0.25) is 4.79 Å². The van der Waals surface area contributed by atoms with Crippen molar-refractivity contribution >= 4 is 38.8 Å². The summed E-state index contributed by atoms with van der Waals surface area (Å²) in [5.41, 5.74) is 10.9. The summed E-state index contributed by atoms with van der Waals surface area (Å²) in [6.45, 7) is 4.30. The first-order chi connectivity index (χ1) is 10.1. The quantitative estimate of drug-likeness (QED) is 0.853. The molecule has 0 atom stereocenters. The maximum Gasteiger partial charge on any atom is 0.216 e. The van der Waals surface area contributed by atoms with Crippen molar-refractivity contribution in [1.82, 2.24) is 10.3 Å². The second-order valence-corrected chi connectivity index (χ2v) is 6.45. The Kier molecular flexibility index (Phi) is 3.96. The molecule has 1 aliphatic rings. The number of nitrogens with one attached hydrogen (secondary N) is 1. The van der Waals surface area contributed by atoms with E-state index in [0.717, 1.165) is 54.1 Å². The first-order valence-electron chi connectivity index (χ1n) is 7.26. The number of hydrogen-bond donors (Lipinski definition) is 2. The van der Waals surface area contributed by atoms with Gasteiger partial charge in [-0.25, -0.2) is 4.98 Å². The van der Waals surface area contributed by atoms with Crippen LogP contribution in [0.5, 0.6) is 0 Å². The molecule has 1 saturated heterocycles. The minimum atomic E-state index is 0.0515. The van der Waals surface area contributed by atoms with Crippen molar-refractivity contribution in [3.63, 3.8) is 0 Å². The predicted molar refractivity (Wildman–Crippen MR) is 87.7 cm³/mol. The molecule has 21 heavy (non-hydrogen) atoms. The minimum absolute atomic E-state index is 0.0515. The van der Waals surface area contributed by atoms with Crippen molar-refractivity contribution in [2.45, 2.75) is 19.8 Å². The molecule has 1 aliphatic heterocycles. The zero-order valence-corrected chi connectivity index (χ0v) is 12.9. The molecule has 2 aromatic rings. The van der Waals surface area contributed by atoms with E-state index in [1.807, 2.05) is 5.51 Å². The molecule has 0 spiro atoms. The average Bonchev–Trinajstić information content (AvgIpc) is 2.96.